The summed E-state index contributed by atoms with van der Waals surface area (Å²) in [5.41, 5.74) is 3.60. The van der Waals surface area contributed by atoms with Crippen LogP contribution in [0, 0.1) is 0 Å². The van der Waals surface area contributed by atoms with Crippen LogP contribution >= 0.6 is 0 Å². The monoisotopic (exact) mass is 460 g/mol. The highest BCUT2D eigenvalue weighted by molar-refractivity contribution is 5.48. The zero-order valence-corrected chi connectivity index (χ0v) is 18.2. The van der Waals surface area contributed by atoms with Gasteiger partial charge in [0.15, 0.2) is 11.5 Å². The van der Waals surface area contributed by atoms with Gasteiger partial charge in [-0.2, -0.15) is 0 Å². The van der Waals surface area contributed by atoms with E-state index in [1.807, 2.05) is 18.2 Å². The summed E-state index contributed by atoms with van der Waals surface area (Å²) < 4.78 is 23.1. The lowest BCUT2D eigenvalue weighted by molar-refractivity contribution is -0.374. The van der Waals surface area contributed by atoms with Crippen molar-refractivity contribution in [2.45, 2.75) is 62.9 Å². The zero-order chi connectivity index (χ0) is 23.3. The highest BCUT2D eigenvalue weighted by Crippen LogP contribution is 2.47. The predicted octanol–water partition coefficient (Wildman–Crippen LogP) is 0.0862. The second-order valence-corrected chi connectivity index (χ2v) is 8.80. The Balaban J connectivity index is 1.53. The van der Waals surface area contributed by atoms with Gasteiger partial charge >= 0.3 is 0 Å². The smallest absolute Gasteiger partial charge is 0.225 e. The molecule has 0 bridgehead atoms. The Morgan fingerprint density at radius 3 is 2.48 bits per heavy atom. The second kappa shape index (κ2) is 8.52. The fourth-order valence-electron chi connectivity index (χ4n) is 4.85. The summed E-state index contributed by atoms with van der Waals surface area (Å²) in [7, 11) is 0. The van der Waals surface area contributed by atoms with Crippen LogP contribution in [0.5, 0.6) is 11.5 Å². The number of aliphatic hydroxyl groups is 5. The van der Waals surface area contributed by atoms with E-state index in [4.69, 9.17) is 18.9 Å². The Morgan fingerprint density at radius 1 is 1.00 bits per heavy atom. The van der Waals surface area contributed by atoms with E-state index < -0.39 is 36.3 Å². The first-order valence-corrected chi connectivity index (χ1v) is 11.0. The van der Waals surface area contributed by atoms with Gasteiger partial charge in [-0.1, -0.05) is 12.1 Å². The Hall–Kier alpha value is -2.24. The van der Waals surface area contributed by atoms with Crippen LogP contribution in [0.3, 0.4) is 0 Å². The highest BCUT2D eigenvalue weighted by atomic mass is 16.7. The zero-order valence-electron chi connectivity index (χ0n) is 18.2. The van der Waals surface area contributed by atoms with Crippen molar-refractivity contribution < 1.29 is 44.5 Å². The van der Waals surface area contributed by atoms with Gasteiger partial charge in [0.1, 0.15) is 37.6 Å². The summed E-state index contributed by atoms with van der Waals surface area (Å²) in [4.78, 5) is 0. The van der Waals surface area contributed by atoms with Gasteiger partial charge in [0.05, 0.1) is 19.3 Å². The third-order valence-corrected chi connectivity index (χ3v) is 6.60. The normalized spacial score (nSPS) is 31.5. The van der Waals surface area contributed by atoms with Crippen LogP contribution < -0.4 is 9.47 Å². The Morgan fingerprint density at radius 2 is 1.76 bits per heavy atom. The van der Waals surface area contributed by atoms with E-state index in [0.29, 0.717) is 47.8 Å². The average molecular weight is 460 g/mol. The molecule has 0 radical (unpaired) electrons. The number of benzene rings is 2. The maximum Gasteiger partial charge on any atom is 0.225 e. The van der Waals surface area contributed by atoms with E-state index in [2.05, 4.69) is 0 Å². The summed E-state index contributed by atoms with van der Waals surface area (Å²) in [5, 5.41) is 51.7. The van der Waals surface area contributed by atoms with Gasteiger partial charge in [0, 0.05) is 5.56 Å². The quantitative estimate of drug-likeness (QED) is 0.430. The number of hydrogen-bond acceptors (Lipinski definition) is 9. The Kier molecular flexibility index (Phi) is 5.82. The largest absolute Gasteiger partial charge is 0.486 e. The van der Waals surface area contributed by atoms with E-state index in [1.54, 1.807) is 12.1 Å². The third kappa shape index (κ3) is 3.70. The molecule has 2 aromatic carbocycles. The van der Waals surface area contributed by atoms with Crippen LogP contribution in [-0.4, -0.2) is 69.3 Å². The number of aliphatic hydroxyl groups excluding tert-OH is 5. The first-order valence-electron chi connectivity index (χ1n) is 11.0. The molecule has 0 aliphatic carbocycles. The van der Waals surface area contributed by atoms with Gasteiger partial charge in [0.25, 0.3) is 0 Å². The van der Waals surface area contributed by atoms with Crippen molar-refractivity contribution in [1.29, 1.82) is 0 Å². The van der Waals surface area contributed by atoms with E-state index in [9.17, 15) is 25.5 Å². The molecule has 1 saturated heterocycles. The average Bonchev–Trinajstić information content (AvgIpc) is 3.17. The number of hydrogen-bond donors (Lipinski definition) is 5. The standard InChI is InChI=1S/C24H28O9/c1-12(26)22-20(27)21(28)23(29)24(33-22)17-9-14(15(10-25)8-16(17)11-32-24)6-13-2-3-18-19(7-13)31-5-4-30-18/h2-3,7-9,12,20-23,25-29H,4-6,10-11H2,1H3/t12-,20+,21+,22-,23-,24+/m1/s1. The van der Waals surface area contributed by atoms with Gasteiger partial charge in [-0.25, -0.2) is 0 Å². The van der Waals surface area contributed by atoms with Crippen LogP contribution in [0.1, 0.15) is 34.7 Å². The number of ether oxygens (including phenoxy) is 4. The van der Waals surface area contributed by atoms with Crippen molar-refractivity contribution in [3.05, 3.63) is 58.1 Å². The summed E-state index contributed by atoms with van der Waals surface area (Å²) in [6, 6.07) is 9.24. The SMILES string of the molecule is C[C@@H](O)[C@H]1O[C@]2(OCc3cc(CO)c(Cc4ccc5c(c4)OCCO5)cc32)[C@H](O)[C@@H](O)[C@@H]1O. The topological polar surface area (TPSA) is 138 Å². The van der Waals surface area contributed by atoms with Crippen molar-refractivity contribution in [3.63, 3.8) is 0 Å². The molecule has 2 aromatic rings. The van der Waals surface area contributed by atoms with Gasteiger partial charge in [0.2, 0.25) is 5.79 Å². The molecule has 5 N–H and O–H groups in total. The minimum Gasteiger partial charge on any atom is -0.486 e. The fraction of sp³-hybridized carbons (Fsp3) is 0.500. The van der Waals surface area contributed by atoms with Crippen molar-refractivity contribution in [2.24, 2.45) is 0 Å². The molecule has 0 unspecified atom stereocenters. The molecule has 5 rings (SSSR count). The molecule has 3 aliphatic rings. The van der Waals surface area contributed by atoms with E-state index in [0.717, 1.165) is 11.1 Å². The second-order valence-electron chi connectivity index (χ2n) is 8.80. The maximum atomic E-state index is 10.9. The minimum absolute atomic E-state index is 0.0824. The van der Waals surface area contributed by atoms with Crippen molar-refractivity contribution in [1.82, 2.24) is 0 Å². The first kappa shape index (κ1) is 22.5. The number of rotatable bonds is 4. The lowest BCUT2D eigenvalue weighted by Crippen LogP contribution is -2.64. The summed E-state index contributed by atoms with van der Waals surface area (Å²) >= 11 is 0. The van der Waals surface area contributed by atoms with E-state index in [-0.39, 0.29) is 13.2 Å². The Labute approximate surface area is 190 Å². The van der Waals surface area contributed by atoms with E-state index in [1.165, 1.54) is 6.92 Å². The van der Waals surface area contributed by atoms with Gasteiger partial charge < -0.3 is 44.5 Å². The molecular formula is C24H28O9. The third-order valence-electron chi connectivity index (χ3n) is 6.60. The lowest BCUT2D eigenvalue weighted by atomic mass is 9.84. The number of fused-ring (bicyclic) bond motifs is 3. The van der Waals surface area contributed by atoms with Crippen LogP contribution in [0.15, 0.2) is 30.3 Å². The van der Waals surface area contributed by atoms with Crippen molar-refractivity contribution in [3.8, 4) is 11.5 Å². The first-order chi connectivity index (χ1) is 15.8. The van der Waals surface area contributed by atoms with Gasteiger partial charge in [-0.15, -0.1) is 0 Å². The molecule has 1 spiro atoms. The molecule has 33 heavy (non-hydrogen) atoms. The molecule has 0 aromatic heterocycles. The van der Waals surface area contributed by atoms with Crippen LogP contribution in [-0.2, 0) is 34.9 Å². The summed E-state index contributed by atoms with van der Waals surface area (Å²) in [5.74, 6) is -0.400. The van der Waals surface area contributed by atoms with Crippen LogP contribution in [0.2, 0.25) is 0 Å². The molecule has 0 saturated carbocycles. The van der Waals surface area contributed by atoms with Crippen molar-refractivity contribution >= 4 is 0 Å². The molecule has 178 valence electrons. The lowest BCUT2D eigenvalue weighted by Gasteiger charge is -2.47. The minimum atomic E-state index is -1.74. The molecule has 1 fully saturated rings. The van der Waals surface area contributed by atoms with Crippen LogP contribution in [0.25, 0.3) is 0 Å². The highest BCUT2D eigenvalue weighted by Gasteiger charge is 2.59. The maximum absolute atomic E-state index is 10.9. The summed E-state index contributed by atoms with van der Waals surface area (Å²) in [6.45, 7) is 2.30. The Bertz CT molecular complexity index is 1040. The van der Waals surface area contributed by atoms with Gasteiger partial charge in [-0.05, 0) is 53.8 Å². The van der Waals surface area contributed by atoms with Gasteiger partial charge in [-0.3, -0.25) is 0 Å². The van der Waals surface area contributed by atoms with Crippen molar-refractivity contribution in [2.75, 3.05) is 13.2 Å². The van der Waals surface area contributed by atoms with E-state index >= 15 is 0 Å². The molecular weight excluding hydrogens is 432 g/mol. The fourth-order valence-corrected chi connectivity index (χ4v) is 4.85. The molecule has 0 amide bonds. The molecule has 3 heterocycles. The molecule has 3 aliphatic heterocycles. The predicted molar refractivity (Wildman–Crippen MR) is 114 cm³/mol. The molecule has 9 nitrogen and oxygen atoms in total. The molecule has 9 heteroatoms. The van der Waals surface area contributed by atoms with Crippen LogP contribution in [0.4, 0.5) is 0 Å². The molecule has 6 atom stereocenters. The summed E-state index contributed by atoms with van der Waals surface area (Å²) in [6.07, 6.45) is -6.45.